The number of para-hydroxylation sites is 1. The molecule has 0 bridgehead atoms. The van der Waals surface area contributed by atoms with Gasteiger partial charge in [-0.05, 0) is 80.4 Å². The summed E-state index contributed by atoms with van der Waals surface area (Å²) in [4.78, 5) is 26.8. The first-order chi connectivity index (χ1) is 27.1. The van der Waals surface area contributed by atoms with E-state index in [0.29, 0.717) is 18.8 Å². The van der Waals surface area contributed by atoms with Crippen LogP contribution in [-0.4, -0.2) is 118 Å². The number of aliphatic carboxylic acids is 1. The van der Waals surface area contributed by atoms with E-state index in [0.717, 1.165) is 5.56 Å². The number of methoxy groups -OCH3 is 1. The van der Waals surface area contributed by atoms with Gasteiger partial charge in [0, 0.05) is 26.2 Å². The highest BCUT2D eigenvalue weighted by molar-refractivity contribution is 7.89. The molecule has 57 heavy (non-hydrogen) atoms. The summed E-state index contributed by atoms with van der Waals surface area (Å²) in [6.07, 6.45) is -3.93. The second kappa shape index (κ2) is 19.6. The molecule has 0 aromatic heterocycles. The van der Waals surface area contributed by atoms with Crippen molar-refractivity contribution in [2.24, 2.45) is 11.8 Å². The van der Waals surface area contributed by atoms with Crippen molar-refractivity contribution in [3.05, 3.63) is 84.4 Å². The van der Waals surface area contributed by atoms with Crippen LogP contribution < -0.4 is 19.9 Å². The summed E-state index contributed by atoms with van der Waals surface area (Å²) in [7, 11) is -5.00. The summed E-state index contributed by atoms with van der Waals surface area (Å²) in [5, 5.41) is 24.1. The molecule has 2 saturated heterocycles. The molecule has 0 saturated carbocycles. The van der Waals surface area contributed by atoms with E-state index >= 15 is 0 Å². The number of carbonyl (C=O) groups is 2. The fraction of sp³-hybridized carbons (Fsp3) is 0.487. The summed E-state index contributed by atoms with van der Waals surface area (Å²) in [6, 6.07) is 19.7. The van der Waals surface area contributed by atoms with E-state index in [1.165, 1.54) is 42.6 Å². The zero-order valence-corrected chi connectivity index (χ0v) is 34.3. The molecular formula is C39H52N3O13PS. The zero-order chi connectivity index (χ0) is 41.3. The third-order valence-electron chi connectivity index (χ3n) is 9.49. The molecule has 5 rings (SSSR count). The number of alkyl carbamates (subject to hydrolysis) is 1. The van der Waals surface area contributed by atoms with Crippen molar-refractivity contribution in [2.45, 2.75) is 69.3 Å². The van der Waals surface area contributed by atoms with Crippen LogP contribution in [0.1, 0.15) is 32.8 Å². The van der Waals surface area contributed by atoms with Crippen LogP contribution in [0, 0.1) is 11.8 Å². The second-order valence-electron chi connectivity index (χ2n) is 14.5. The van der Waals surface area contributed by atoms with E-state index in [9.17, 15) is 32.8 Å². The van der Waals surface area contributed by atoms with Crippen molar-refractivity contribution < 1.29 is 60.8 Å². The fourth-order valence-corrected chi connectivity index (χ4v) is 9.86. The Bertz CT molecular complexity index is 1940. The van der Waals surface area contributed by atoms with Crippen LogP contribution in [0.25, 0.3) is 0 Å². The molecule has 0 radical (unpaired) electrons. The molecule has 2 fully saturated rings. The number of carboxylic acids is 1. The van der Waals surface area contributed by atoms with Gasteiger partial charge in [-0.25, -0.2) is 22.6 Å². The lowest BCUT2D eigenvalue weighted by molar-refractivity contribution is -0.144. The SMILES string of the molecule is COc1ccc(S(=O)(=O)N(CC(C)C)C[C@@H](O)[C@H](CN(C)Cc2ccc(P(=O)(Oc3ccccc3)O[C@@H](C)C(=O)O)cc2)NC(=O)O[C@H]2CO[C@H]3OCC[C@H]32)cc1. The molecular weight excluding hydrogens is 781 g/mol. The number of fused-ring (bicyclic) bond motifs is 1. The number of ether oxygens (including phenoxy) is 4. The van der Waals surface area contributed by atoms with Crippen LogP contribution in [0.4, 0.5) is 4.79 Å². The number of aliphatic hydroxyl groups excluding tert-OH is 1. The number of aliphatic hydroxyl groups is 1. The van der Waals surface area contributed by atoms with Gasteiger partial charge in [-0.15, -0.1) is 0 Å². The highest BCUT2D eigenvalue weighted by Crippen LogP contribution is 2.48. The number of carboxylic acid groups (broad SMARTS) is 1. The molecule has 312 valence electrons. The van der Waals surface area contributed by atoms with Gasteiger partial charge in [0.05, 0.1) is 48.6 Å². The Balaban J connectivity index is 1.34. The predicted molar refractivity (Wildman–Crippen MR) is 209 cm³/mol. The van der Waals surface area contributed by atoms with E-state index < -0.39 is 60.3 Å². The first-order valence-corrected chi connectivity index (χ1v) is 21.6. The van der Waals surface area contributed by atoms with Crippen molar-refractivity contribution in [1.82, 2.24) is 14.5 Å². The summed E-state index contributed by atoms with van der Waals surface area (Å²) < 4.78 is 76.4. The molecule has 16 nitrogen and oxygen atoms in total. The fourth-order valence-electron chi connectivity index (χ4n) is 6.55. The Morgan fingerprint density at radius 1 is 0.947 bits per heavy atom. The summed E-state index contributed by atoms with van der Waals surface area (Å²) in [5.41, 5.74) is 0.730. The Labute approximate surface area is 333 Å². The van der Waals surface area contributed by atoms with Gasteiger partial charge in [0.25, 0.3) is 0 Å². The number of hydrogen-bond donors (Lipinski definition) is 3. The summed E-state index contributed by atoms with van der Waals surface area (Å²) in [5.74, 6) is -0.796. The largest absolute Gasteiger partial charge is 0.497 e. The topological polar surface area (TPSA) is 200 Å². The second-order valence-corrected chi connectivity index (χ2v) is 18.4. The van der Waals surface area contributed by atoms with Crippen molar-refractivity contribution in [1.29, 1.82) is 0 Å². The smallest absolute Gasteiger partial charge is 0.411 e. The lowest BCUT2D eigenvalue weighted by atomic mass is 10.0. The van der Waals surface area contributed by atoms with E-state index in [1.54, 1.807) is 61.6 Å². The first kappa shape index (κ1) is 44.1. The molecule has 3 N–H and O–H groups in total. The lowest BCUT2D eigenvalue weighted by Crippen LogP contribution is -2.54. The minimum Gasteiger partial charge on any atom is -0.497 e. The average molecular weight is 834 g/mol. The maximum Gasteiger partial charge on any atom is 0.411 e. The van der Waals surface area contributed by atoms with Gasteiger partial charge < -0.3 is 39.0 Å². The van der Waals surface area contributed by atoms with Gasteiger partial charge in [0.2, 0.25) is 10.0 Å². The van der Waals surface area contributed by atoms with Crippen molar-refractivity contribution in [3.63, 3.8) is 0 Å². The number of nitrogens with zero attached hydrogens (tertiary/aromatic N) is 2. The Morgan fingerprint density at radius 2 is 1.63 bits per heavy atom. The Hall–Kier alpha value is -4.06. The number of rotatable bonds is 20. The number of benzene rings is 3. The first-order valence-electron chi connectivity index (χ1n) is 18.6. The molecule has 18 heteroatoms. The molecule has 2 aliphatic rings. The van der Waals surface area contributed by atoms with E-state index in [4.69, 9.17) is 28.0 Å². The molecule has 2 heterocycles. The number of likely N-dealkylation sites (N-methyl/N-ethyl adjacent to an activating group) is 1. The Kier molecular flexibility index (Phi) is 15.1. The molecule has 3 aromatic carbocycles. The maximum atomic E-state index is 14.0. The van der Waals surface area contributed by atoms with Crippen LogP contribution in [0.2, 0.25) is 0 Å². The van der Waals surface area contributed by atoms with Crippen molar-refractivity contribution >= 4 is 35.0 Å². The number of amides is 1. The van der Waals surface area contributed by atoms with E-state index in [1.807, 2.05) is 18.7 Å². The maximum absolute atomic E-state index is 14.0. The van der Waals surface area contributed by atoms with Crippen LogP contribution in [0.15, 0.2) is 83.8 Å². The van der Waals surface area contributed by atoms with Crippen LogP contribution in [0.3, 0.4) is 0 Å². The Morgan fingerprint density at radius 3 is 2.26 bits per heavy atom. The molecule has 1 unspecified atom stereocenters. The molecule has 2 aliphatic heterocycles. The quantitative estimate of drug-likeness (QED) is 0.138. The van der Waals surface area contributed by atoms with E-state index in [2.05, 4.69) is 5.32 Å². The molecule has 1 amide bonds. The van der Waals surface area contributed by atoms with E-state index in [-0.39, 0.29) is 60.6 Å². The molecule has 3 aromatic rings. The van der Waals surface area contributed by atoms with Crippen LogP contribution in [-0.2, 0) is 44.7 Å². The molecule has 7 atom stereocenters. The standard InChI is InChI=1S/C39H52N3O13PS/c1-26(2)21-42(57(48,49)32-17-13-29(50-5)14-18-32)24-35(43)34(40-39(46)53-36-25-52-38-33(36)19-20-51-38)23-41(4)22-28-11-15-31(16-12-28)56(47,54-27(3)37(44)45)55-30-9-7-6-8-10-30/h6-18,26-27,33-36,38,43H,19-25H2,1-5H3,(H,40,46)(H,44,45)/t27-,33-,34-,35+,36-,38+,56?/m0/s1. The van der Waals surface area contributed by atoms with Gasteiger partial charge in [-0.1, -0.05) is 44.2 Å². The van der Waals surface area contributed by atoms with Gasteiger partial charge in [-0.3, -0.25) is 9.42 Å². The van der Waals surface area contributed by atoms with Gasteiger partial charge in [0.1, 0.15) is 17.6 Å². The minimum absolute atomic E-state index is 0.0248. The third-order valence-corrected chi connectivity index (χ3v) is 13.3. The van der Waals surface area contributed by atoms with Gasteiger partial charge in [-0.2, -0.15) is 4.31 Å². The van der Waals surface area contributed by atoms with Crippen molar-refractivity contribution in [2.75, 3.05) is 47.0 Å². The van der Waals surface area contributed by atoms with Crippen molar-refractivity contribution in [3.8, 4) is 11.5 Å². The van der Waals surface area contributed by atoms with Gasteiger partial charge in [0.15, 0.2) is 12.4 Å². The number of carbonyl (C=O) groups excluding carboxylic acids is 1. The zero-order valence-electron chi connectivity index (χ0n) is 32.6. The summed E-state index contributed by atoms with van der Waals surface area (Å²) >= 11 is 0. The highest BCUT2D eigenvalue weighted by atomic mass is 32.2. The summed E-state index contributed by atoms with van der Waals surface area (Å²) in [6.45, 7) is 5.74. The van der Waals surface area contributed by atoms with Crippen LogP contribution in [0.5, 0.6) is 11.5 Å². The number of sulfonamides is 1. The van der Waals surface area contributed by atoms with Crippen LogP contribution >= 0.6 is 7.60 Å². The lowest BCUT2D eigenvalue weighted by Gasteiger charge is -2.32. The molecule has 0 aliphatic carbocycles. The third kappa shape index (κ3) is 11.8. The highest BCUT2D eigenvalue weighted by Gasteiger charge is 2.44. The predicted octanol–water partition coefficient (Wildman–Crippen LogP) is 4.08. The van der Waals surface area contributed by atoms with Gasteiger partial charge >= 0.3 is 19.7 Å². The molecule has 0 spiro atoms. The normalized spacial score (nSPS) is 20.8. The minimum atomic E-state index is -4.16. The average Bonchev–Trinajstić information content (AvgIpc) is 3.80. The monoisotopic (exact) mass is 833 g/mol. The number of hydrogen-bond acceptors (Lipinski definition) is 13. The number of nitrogens with one attached hydrogen (secondary N) is 1.